The summed E-state index contributed by atoms with van der Waals surface area (Å²) < 4.78 is 7.42. The van der Waals surface area contributed by atoms with Crippen molar-refractivity contribution in [3.8, 4) is 0 Å². The van der Waals surface area contributed by atoms with Crippen molar-refractivity contribution in [1.29, 1.82) is 0 Å². The minimum atomic E-state index is -0.351. The first-order chi connectivity index (χ1) is 14.6. The fraction of sp³-hybridized carbons (Fsp3) is 0.619. The van der Waals surface area contributed by atoms with Crippen molar-refractivity contribution in [2.24, 2.45) is 0 Å². The number of thiophene rings is 1. The van der Waals surface area contributed by atoms with E-state index in [1.54, 1.807) is 6.92 Å². The summed E-state index contributed by atoms with van der Waals surface area (Å²) in [5.74, 6) is 1.05. The zero-order valence-corrected chi connectivity index (χ0v) is 19.1. The van der Waals surface area contributed by atoms with E-state index >= 15 is 0 Å². The van der Waals surface area contributed by atoms with Crippen molar-refractivity contribution in [3.05, 3.63) is 22.3 Å². The molecule has 2 saturated carbocycles. The van der Waals surface area contributed by atoms with Gasteiger partial charge >= 0.3 is 5.97 Å². The summed E-state index contributed by atoms with van der Waals surface area (Å²) >= 11 is 2.81. The second-order valence-corrected chi connectivity index (χ2v) is 9.74. The zero-order chi connectivity index (χ0) is 21.1. The molecule has 0 radical (unpaired) electrons. The third-order valence-electron chi connectivity index (χ3n) is 5.68. The van der Waals surface area contributed by atoms with Crippen LogP contribution in [-0.4, -0.2) is 39.0 Å². The van der Waals surface area contributed by atoms with Crippen LogP contribution in [0, 0.1) is 6.92 Å². The topological polar surface area (TPSA) is 86.1 Å². The van der Waals surface area contributed by atoms with Crippen molar-refractivity contribution in [2.45, 2.75) is 75.9 Å². The highest BCUT2D eigenvalue weighted by atomic mass is 32.2. The molecule has 0 atom stereocenters. The molecule has 7 nitrogen and oxygen atoms in total. The molecular formula is C21H28N4O3S2. The van der Waals surface area contributed by atoms with E-state index in [9.17, 15) is 9.59 Å². The minimum absolute atomic E-state index is 0.148. The molecule has 2 fully saturated rings. The summed E-state index contributed by atoms with van der Waals surface area (Å²) in [4.78, 5) is 25.1. The van der Waals surface area contributed by atoms with Crippen molar-refractivity contribution in [2.75, 3.05) is 17.7 Å². The average Bonchev–Trinajstić information content (AvgIpc) is 3.40. The number of thioether (sulfide) groups is 1. The number of carbonyl (C=O) groups excluding carboxylic acids is 2. The van der Waals surface area contributed by atoms with E-state index in [-0.39, 0.29) is 17.6 Å². The predicted molar refractivity (Wildman–Crippen MR) is 118 cm³/mol. The van der Waals surface area contributed by atoms with Gasteiger partial charge in [-0.2, -0.15) is 0 Å². The Labute approximate surface area is 185 Å². The van der Waals surface area contributed by atoms with E-state index in [1.807, 2.05) is 12.3 Å². The van der Waals surface area contributed by atoms with Crippen molar-refractivity contribution in [3.63, 3.8) is 0 Å². The van der Waals surface area contributed by atoms with Crippen LogP contribution in [0.25, 0.3) is 0 Å². The Hall–Kier alpha value is -1.87. The maximum Gasteiger partial charge on any atom is 0.341 e. The van der Waals surface area contributed by atoms with E-state index in [2.05, 4.69) is 20.1 Å². The number of aryl methyl sites for hydroxylation is 1. The van der Waals surface area contributed by atoms with E-state index < -0.39 is 0 Å². The summed E-state index contributed by atoms with van der Waals surface area (Å²) in [6.07, 6.45) is 8.19. The third-order valence-corrected chi connectivity index (χ3v) is 7.53. The molecule has 2 heterocycles. The van der Waals surface area contributed by atoms with Crippen LogP contribution < -0.4 is 5.32 Å². The molecule has 162 valence electrons. The van der Waals surface area contributed by atoms with Gasteiger partial charge in [-0.25, -0.2) is 4.79 Å². The Kier molecular flexibility index (Phi) is 6.77. The summed E-state index contributed by atoms with van der Waals surface area (Å²) in [5, 5.41) is 14.8. The highest BCUT2D eigenvalue weighted by molar-refractivity contribution is 7.99. The van der Waals surface area contributed by atoms with Crippen LogP contribution in [0.3, 0.4) is 0 Å². The summed E-state index contributed by atoms with van der Waals surface area (Å²) in [7, 11) is 0. The molecule has 9 heteroatoms. The van der Waals surface area contributed by atoms with Gasteiger partial charge in [-0.3, -0.25) is 4.79 Å². The number of amides is 1. The van der Waals surface area contributed by atoms with Crippen molar-refractivity contribution in [1.82, 2.24) is 14.8 Å². The molecule has 1 N–H and O–H groups in total. The number of hydrogen-bond acceptors (Lipinski definition) is 7. The molecule has 2 aromatic heterocycles. The van der Waals surface area contributed by atoms with Gasteiger partial charge in [-0.1, -0.05) is 31.0 Å². The van der Waals surface area contributed by atoms with Crippen LogP contribution in [0.1, 0.15) is 85.6 Å². The zero-order valence-electron chi connectivity index (χ0n) is 17.5. The molecule has 2 aliphatic carbocycles. The van der Waals surface area contributed by atoms with Crippen LogP contribution in [-0.2, 0) is 9.53 Å². The van der Waals surface area contributed by atoms with E-state index in [4.69, 9.17) is 4.74 Å². The summed E-state index contributed by atoms with van der Waals surface area (Å²) in [6.45, 7) is 4.08. The van der Waals surface area contributed by atoms with E-state index in [0.29, 0.717) is 29.1 Å². The molecule has 2 aliphatic rings. The number of rotatable bonds is 8. The lowest BCUT2D eigenvalue weighted by atomic mass is 9.95. The summed E-state index contributed by atoms with van der Waals surface area (Å²) in [6, 6.07) is 0.424. The van der Waals surface area contributed by atoms with Gasteiger partial charge in [0.25, 0.3) is 0 Å². The maximum atomic E-state index is 12.7. The van der Waals surface area contributed by atoms with Gasteiger partial charge < -0.3 is 14.6 Å². The second-order valence-electron chi connectivity index (χ2n) is 7.92. The number of esters is 1. The van der Waals surface area contributed by atoms with E-state index in [1.165, 1.54) is 42.4 Å². The van der Waals surface area contributed by atoms with Gasteiger partial charge in [0.1, 0.15) is 10.8 Å². The van der Waals surface area contributed by atoms with Gasteiger partial charge in [-0.15, -0.1) is 21.5 Å². The van der Waals surface area contributed by atoms with E-state index in [0.717, 1.165) is 42.2 Å². The Morgan fingerprint density at radius 2 is 2.00 bits per heavy atom. The normalized spacial score (nSPS) is 17.1. The predicted octanol–water partition coefficient (Wildman–Crippen LogP) is 4.94. The average molecular weight is 449 g/mol. The molecule has 0 saturated heterocycles. The molecule has 2 aromatic rings. The van der Waals surface area contributed by atoms with Gasteiger partial charge in [-0.05, 0) is 56.4 Å². The number of aromatic nitrogens is 3. The van der Waals surface area contributed by atoms with Crippen LogP contribution in [0.15, 0.2) is 10.5 Å². The fourth-order valence-electron chi connectivity index (χ4n) is 4.07. The molecule has 0 unspecified atom stereocenters. The standard InChI is InChI=1S/C21H28N4O3S2/c1-3-28-20(27)18-16(14-9-10-14)11-29-19(18)22-17(26)12-30-21-24-23-13(2)25(21)15-7-5-4-6-8-15/h11,14-15H,3-10,12H2,1-2H3,(H,22,26). The Bertz CT molecular complexity index is 913. The number of nitrogens with zero attached hydrogens (tertiary/aromatic N) is 3. The van der Waals surface area contributed by atoms with Crippen LogP contribution in [0.5, 0.6) is 0 Å². The Morgan fingerprint density at radius 3 is 2.70 bits per heavy atom. The first-order valence-electron chi connectivity index (χ1n) is 10.7. The fourth-order valence-corrected chi connectivity index (χ4v) is 5.97. The van der Waals surface area contributed by atoms with Gasteiger partial charge in [0.05, 0.1) is 17.9 Å². The number of ether oxygens (including phenoxy) is 1. The third kappa shape index (κ3) is 4.72. The van der Waals surface area contributed by atoms with Crippen LogP contribution >= 0.6 is 23.1 Å². The number of carbonyl (C=O) groups is 2. The Balaban J connectivity index is 1.42. The van der Waals surface area contributed by atoms with Gasteiger partial charge in [0.15, 0.2) is 5.16 Å². The molecule has 1 amide bonds. The van der Waals surface area contributed by atoms with Crippen molar-refractivity contribution < 1.29 is 14.3 Å². The largest absolute Gasteiger partial charge is 0.462 e. The molecule has 4 rings (SSSR count). The monoisotopic (exact) mass is 448 g/mol. The highest BCUT2D eigenvalue weighted by Gasteiger charge is 2.32. The minimum Gasteiger partial charge on any atom is -0.462 e. The molecular weight excluding hydrogens is 420 g/mol. The molecule has 0 aliphatic heterocycles. The highest BCUT2D eigenvalue weighted by Crippen LogP contribution is 2.46. The molecule has 0 spiro atoms. The Morgan fingerprint density at radius 1 is 1.23 bits per heavy atom. The summed E-state index contributed by atoms with van der Waals surface area (Å²) in [5.41, 5.74) is 1.54. The van der Waals surface area contributed by atoms with Gasteiger partial charge in [0, 0.05) is 6.04 Å². The maximum absolute atomic E-state index is 12.7. The lowest BCUT2D eigenvalue weighted by molar-refractivity contribution is -0.113. The lowest BCUT2D eigenvalue weighted by Crippen LogP contribution is -2.18. The quantitative estimate of drug-likeness (QED) is 0.455. The number of anilines is 1. The smallest absolute Gasteiger partial charge is 0.341 e. The van der Waals surface area contributed by atoms with Gasteiger partial charge in [0.2, 0.25) is 5.91 Å². The molecule has 0 bridgehead atoms. The molecule has 0 aromatic carbocycles. The number of hydrogen-bond donors (Lipinski definition) is 1. The van der Waals surface area contributed by atoms with Crippen LogP contribution in [0.4, 0.5) is 5.00 Å². The lowest BCUT2D eigenvalue weighted by Gasteiger charge is -2.24. The SMILES string of the molecule is CCOC(=O)c1c(C2CC2)csc1NC(=O)CSc1nnc(C)n1C1CCCCC1. The second kappa shape index (κ2) is 9.51. The van der Waals surface area contributed by atoms with Crippen molar-refractivity contribution >= 4 is 40.0 Å². The first-order valence-corrected chi connectivity index (χ1v) is 12.6. The number of nitrogens with one attached hydrogen (secondary N) is 1. The van der Waals surface area contributed by atoms with Crippen LogP contribution in [0.2, 0.25) is 0 Å². The molecule has 30 heavy (non-hydrogen) atoms. The first kappa shape index (κ1) is 21.4.